The Balaban J connectivity index is 2.03. The fraction of sp³-hybridized carbons (Fsp3) is 0.231. The zero-order chi connectivity index (χ0) is 26.3. The largest absolute Gasteiger partial charge is 0.357 e. The van der Waals surface area contributed by atoms with Crippen LogP contribution in [0.5, 0.6) is 0 Å². The highest BCUT2D eigenvalue weighted by molar-refractivity contribution is 9.10. The van der Waals surface area contributed by atoms with Crippen LogP contribution in [-0.2, 0) is 32.6 Å². The van der Waals surface area contributed by atoms with Gasteiger partial charge in [0.15, 0.2) is 0 Å². The molecule has 0 saturated carbocycles. The number of halogens is 2. The van der Waals surface area contributed by atoms with Gasteiger partial charge in [0.1, 0.15) is 12.6 Å². The summed E-state index contributed by atoms with van der Waals surface area (Å²) in [6.45, 7) is -0.450. The molecule has 190 valence electrons. The summed E-state index contributed by atoms with van der Waals surface area (Å²) in [6.07, 6.45) is 1.29. The maximum Gasteiger partial charge on any atom is 0.244 e. The van der Waals surface area contributed by atoms with E-state index in [2.05, 4.69) is 21.2 Å². The van der Waals surface area contributed by atoms with Crippen molar-refractivity contribution in [3.63, 3.8) is 0 Å². The summed E-state index contributed by atoms with van der Waals surface area (Å²) in [5, 5.41) is 3.08. The molecule has 0 aromatic heterocycles. The number of hydrogen-bond donors (Lipinski definition) is 1. The summed E-state index contributed by atoms with van der Waals surface area (Å²) >= 11 is 9.73. The number of amides is 2. The summed E-state index contributed by atoms with van der Waals surface area (Å²) in [5.41, 5.74) is 1.84. The van der Waals surface area contributed by atoms with Crippen molar-refractivity contribution in [1.29, 1.82) is 0 Å². The number of nitrogens with one attached hydrogen (secondary N) is 1. The molecule has 0 fully saturated rings. The molecule has 1 N–H and O–H groups in total. The van der Waals surface area contributed by atoms with Crippen LogP contribution in [-0.4, -0.2) is 51.0 Å². The standard InChI is InChI=1S/C26H27BrClN3O4S/c1-29-26(33)24(16-19-8-4-3-5-9-19)30(17-20-10-6-7-11-23(20)28)25(32)18-31(36(2,34)35)22-14-12-21(27)13-15-22/h3-15,24H,16-18H2,1-2H3,(H,29,33)/t24-/m1/s1. The van der Waals surface area contributed by atoms with Crippen molar-refractivity contribution < 1.29 is 18.0 Å². The molecule has 0 aliphatic carbocycles. The summed E-state index contributed by atoms with van der Waals surface area (Å²) in [5.74, 6) is -0.901. The highest BCUT2D eigenvalue weighted by Gasteiger charge is 2.32. The summed E-state index contributed by atoms with van der Waals surface area (Å²) in [6, 6.07) is 22.1. The van der Waals surface area contributed by atoms with Crippen molar-refractivity contribution in [2.45, 2.75) is 19.0 Å². The minimum absolute atomic E-state index is 0.0291. The number of benzene rings is 3. The van der Waals surface area contributed by atoms with Crippen LogP contribution in [0.15, 0.2) is 83.3 Å². The van der Waals surface area contributed by atoms with E-state index in [0.717, 1.165) is 20.6 Å². The first-order chi connectivity index (χ1) is 17.1. The van der Waals surface area contributed by atoms with Crippen LogP contribution in [0.3, 0.4) is 0 Å². The topological polar surface area (TPSA) is 86.8 Å². The van der Waals surface area contributed by atoms with Gasteiger partial charge in [-0.15, -0.1) is 0 Å². The van der Waals surface area contributed by atoms with Crippen LogP contribution in [0.1, 0.15) is 11.1 Å². The highest BCUT2D eigenvalue weighted by Crippen LogP contribution is 2.24. The van der Waals surface area contributed by atoms with Gasteiger partial charge in [-0.2, -0.15) is 0 Å². The van der Waals surface area contributed by atoms with Crippen LogP contribution >= 0.6 is 27.5 Å². The Morgan fingerprint density at radius 1 is 0.972 bits per heavy atom. The molecule has 10 heteroatoms. The number of rotatable bonds is 10. The summed E-state index contributed by atoms with van der Waals surface area (Å²) in [4.78, 5) is 28.2. The van der Waals surface area contributed by atoms with Gasteiger partial charge in [-0.05, 0) is 41.5 Å². The van der Waals surface area contributed by atoms with Crippen molar-refractivity contribution in [2.75, 3.05) is 24.2 Å². The van der Waals surface area contributed by atoms with Crippen LogP contribution in [0.25, 0.3) is 0 Å². The molecule has 1 atom stereocenters. The van der Waals surface area contributed by atoms with Crippen LogP contribution in [0, 0.1) is 0 Å². The van der Waals surface area contributed by atoms with Crippen molar-refractivity contribution in [1.82, 2.24) is 10.2 Å². The van der Waals surface area contributed by atoms with E-state index >= 15 is 0 Å². The lowest BCUT2D eigenvalue weighted by Crippen LogP contribution is -2.52. The van der Waals surface area contributed by atoms with Crippen molar-refractivity contribution in [3.05, 3.63) is 99.5 Å². The molecule has 36 heavy (non-hydrogen) atoms. The molecule has 0 unspecified atom stereocenters. The number of anilines is 1. The Labute approximate surface area is 225 Å². The smallest absolute Gasteiger partial charge is 0.244 e. The second-order valence-corrected chi connectivity index (χ2v) is 11.4. The van der Waals surface area contributed by atoms with E-state index in [1.165, 1.54) is 11.9 Å². The molecule has 3 rings (SSSR count). The fourth-order valence-corrected chi connectivity index (χ4v) is 5.06. The normalized spacial score (nSPS) is 12.0. The van der Waals surface area contributed by atoms with Crippen molar-refractivity contribution in [3.8, 4) is 0 Å². The quantitative estimate of drug-likeness (QED) is 0.381. The van der Waals surface area contributed by atoms with Gasteiger partial charge in [0.25, 0.3) is 0 Å². The molecule has 0 radical (unpaired) electrons. The Kier molecular flexibility index (Phi) is 9.53. The van der Waals surface area contributed by atoms with E-state index < -0.39 is 28.5 Å². The Hall–Kier alpha value is -2.88. The minimum atomic E-state index is -3.81. The van der Waals surface area contributed by atoms with Crippen LogP contribution in [0.4, 0.5) is 5.69 Å². The van der Waals surface area contributed by atoms with Crippen LogP contribution in [0.2, 0.25) is 5.02 Å². The molecule has 0 heterocycles. The molecule has 0 aliphatic heterocycles. The van der Waals surface area contributed by atoms with Gasteiger partial charge < -0.3 is 10.2 Å². The molecule has 0 aliphatic rings. The minimum Gasteiger partial charge on any atom is -0.357 e. The highest BCUT2D eigenvalue weighted by atomic mass is 79.9. The first-order valence-corrected chi connectivity index (χ1v) is 14.1. The first kappa shape index (κ1) is 27.7. The van der Waals surface area contributed by atoms with Gasteiger partial charge in [0.2, 0.25) is 21.8 Å². The fourth-order valence-electron chi connectivity index (χ4n) is 3.75. The van der Waals surface area contributed by atoms with Crippen molar-refractivity contribution in [2.24, 2.45) is 0 Å². The number of carbonyl (C=O) groups is 2. The number of nitrogens with zero attached hydrogens (tertiary/aromatic N) is 2. The Morgan fingerprint density at radius 3 is 2.17 bits per heavy atom. The molecular formula is C26H27BrClN3O4S. The zero-order valence-electron chi connectivity index (χ0n) is 19.9. The second-order valence-electron chi connectivity index (χ2n) is 8.18. The average molecular weight is 593 g/mol. The zero-order valence-corrected chi connectivity index (χ0v) is 23.1. The lowest BCUT2D eigenvalue weighted by Gasteiger charge is -2.33. The van der Waals surface area contributed by atoms with E-state index in [-0.39, 0.29) is 18.9 Å². The van der Waals surface area contributed by atoms with Gasteiger partial charge in [-0.3, -0.25) is 13.9 Å². The maximum atomic E-state index is 13.8. The van der Waals surface area contributed by atoms with Gasteiger partial charge in [0, 0.05) is 29.5 Å². The van der Waals surface area contributed by atoms with E-state index in [1.807, 2.05) is 30.3 Å². The third kappa shape index (κ3) is 7.32. The molecular weight excluding hydrogens is 566 g/mol. The second kappa shape index (κ2) is 12.4. The molecule has 0 saturated heterocycles. The third-order valence-electron chi connectivity index (χ3n) is 5.61. The summed E-state index contributed by atoms with van der Waals surface area (Å²) < 4.78 is 27.2. The van der Waals surface area contributed by atoms with E-state index in [0.29, 0.717) is 16.3 Å². The van der Waals surface area contributed by atoms with E-state index in [4.69, 9.17) is 11.6 Å². The maximum absolute atomic E-state index is 13.8. The van der Waals surface area contributed by atoms with E-state index in [9.17, 15) is 18.0 Å². The molecule has 7 nitrogen and oxygen atoms in total. The van der Waals surface area contributed by atoms with Gasteiger partial charge in [0.05, 0.1) is 11.9 Å². The van der Waals surface area contributed by atoms with Crippen molar-refractivity contribution >= 4 is 55.1 Å². The molecule has 3 aromatic carbocycles. The Morgan fingerprint density at radius 2 is 1.58 bits per heavy atom. The predicted molar refractivity (Wildman–Crippen MR) is 146 cm³/mol. The lowest BCUT2D eigenvalue weighted by atomic mass is 10.0. The lowest BCUT2D eigenvalue weighted by molar-refractivity contribution is -0.139. The Bertz CT molecular complexity index is 1300. The molecule has 0 spiro atoms. The number of carbonyl (C=O) groups excluding carboxylic acids is 2. The molecule has 3 aromatic rings. The molecule has 0 bridgehead atoms. The predicted octanol–water partition coefficient (Wildman–Crippen LogP) is 4.25. The average Bonchev–Trinajstić information content (AvgIpc) is 2.85. The van der Waals surface area contributed by atoms with Gasteiger partial charge in [-0.1, -0.05) is 76.1 Å². The van der Waals surface area contributed by atoms with Gasteiger partial charge >= 0.3 is 0 Å². The number of likely N-dealkylation sites (N-methyl/N-ethyl adjacent to an activating group) is 1. The third-order valence-corrected chi connectivity index (χ3v) is 7.65. The van der Waals surface area contributed by atoms with E-state index in [1.54, 1.807) is 48.5 Å². The number of sulfonamides is 1. The summed E-state index contributed by atoms with van der Waals surface area (Å²) in [7, 11) is -2.30. The monoisotopic (exact) mass is 591 g/mol. The number of hydrogen-bond acceptors (Lipinski definition) is 4. The molecule has 2 amide bonds. The first-order valence-electron chi connectivity index (χ1n) is 11.1. The van der Waals surface area contributed by atoms with Crippen LogP contribution < -0.4 is 9.62 Å². The van der Waals surface area contributed by atoms with Gasteiger partial charge in [-0.25, -0.2) is 8.42 Å². The SMILES string of the molecule is CNC(=O)[C@@H](Cc1ccccc1)N(Cc1ccccc1Cl)C(=O)CN(c1ccc(Br)cc1)S(C)(=O)=O.